The van der Waals surface area contributed by atoms with Crippen LogP contribution in [0, 0.1) is 34.1 Å². The maximum atomic E-state index is 12.2. The minimum absolute atomic E-state index is 0.136. The van der Waals surface area contributed by atoms with Gasteiger partial charge < -0.3 is 20.1 Å². The van der Waals surface area contributed by atoms with Gasteiger partial charge in [-0.2, -0.15) is 15.8 Å². The van der Waals surface area contributed by atoms with Crippen molar-refractivity contribution in [2.45, 2.75) is 38.8 Å². The molecule has 0 heterocycles. The Morgan fingerprint density at radius 2 is 1.97 bits per heavy atom. The first-order valence-corrected chi connectivity index (χ1v) is 10.5. The van der Waals surface area contributed by atoms with Crippen LogP contribution in [0.4, 0.5) is 16.2 Å². The standard InChI is InChI=1S/C24H25N7O3/c1-4-21(10-11-25)34-24(32)29-16(2)17-6-5-7-19(12-17)30-23(28-15-27)31-20-9-8-18(14-26)22(13-20)33-3/h5-9,12-13,16,21H,4,10H2,1-3H3,(H,29,32)(H2,28,30,31)/t16-,21+/m0/s1. The lowest BCUT2D eigenvalue weighted by atomic mass is 10.1. The van der Waals surface area contributed by atoms with Gasteiger partial charge in [0, 0.05) is 11.8 Å². The fraction of sp³-hybridized carbons (Fsp3) is 0.292. The zero-order chi connectivity index (χ0) is 24.9. The van der Waals surface area contributed by atoms with Gasteiger partial charge in [0.05, 0.1) is 36.9 Å². The second-order valence-corrected chi connectivity index (χ2v) is 7.11. The molecule has 2 atom stereocenters. The number of benzene rings is 2. The van der Waals surface area contributed by atoms with Crippen molar-refractivity contribution in [1.29, 1.82) is 15.8 Å². The van der Waals surface area contributed by atoms with E-state index in [1.165, 1.54) is 7.11 Å². The molecule has 10 heteroatoms. The summed E-state index contributed by atoms with van der Waals surface area (Å²) < 4.78 is 10.5. The topological polar surface area (TPSA) is 155 Å². The largest absolute Gasteiger partial charge is 0.495 e. The smallest absolute Gasteiger partial charge is 0.407 e. The molecule has 2 aromatic rings. The quantitative estimate of drug-likeness (QED) is 0.229. The number of amides is 1. The van der Waals surface area contributed by atoms with Crippen molar-refractivity contribution in [3.05, 3.63) is 53.6 Å². The third-order valence-electron chi connectivity index (χ3n) is 4.75. The zero-order valence-electron chi connectivity index (χ0n) is 19.1. The van der Waals surface area contributed by atoms with Crippen LogP contribution in [0.5, 0.6) is 5.75 Å². The molecule has 2 aromatic carbocycles. The van der Waals surface area contributed by atoms with Gasteiger partial charge in [0.25, 0.3) is 0 Å². The summed E-state index contributed by atoms with van der Waals surface area (Å²) in [5.41, 5.74) is 2.25. The summed E-state index contributed by atoms with van der Waals surface area (Å²) >= 11 is 0. The van der Waals surface area contributed by atoms with E-state index in [1.807, 2.05) is 31.3 Å². The first-order valence-electron chi connectivity index (χ1n) is 10.5. The number of rotatable bonds is 8. The maximum absolute atomic E-state index is 12.2. The van der Waals surface area contributed by atoms with E-state index in [9.17, 15) is 4.79 Å². The minimum Gasteiger partial charge on any atom is -0.495 e. The lowest BCUT2D eigenvalue weighted by molar-refractivity contribution is 0.0950. The molecule has 0 saturated heterocycles. The highest BCUT2D eigenvalue weighted by molar-refractivity contribution is 5.96. The summed E-state index contributed by atoms with van der Waals surface area (Å²) in [5.74, 6) is 0.530. The van der Waals surface area contributed by atoms with Gasteiger partial charge in [0.1, 0.15) is 17.9 Å². The van der Waals surface area contributed by atoms with E-state index < -0.39 is 12.2 Å². The molecule has 1 amide bonds. The van der Waals surface area contributed by atoms with Gasteiger partial charge in [0.2, 0.25) is 5.96 Å². The number of methoxy groups -OCH3 is 1. The number of hydrogen-bond acceptors (Lipinski definition) is 7. The summed E-state index contributed by atoms with van der Waals surface area (Å²) in [7, 11) is 1.46. The lowest BCUT2D eigenvalue weighted by Crippen LogP contribution is -2.31. The van der Waals surface area contributed by atoms with E-state index in [0.717, 1.165) is 5.56 Å². The molecular weight excluding hydrogens is 434 g/mol. The van der Waals surface area contributed by atoms with Gasteiger partial charge in [-0.15, -0.1) is 0 Å². The SMILES string of the molecule is CC[C@H](CC#N)OC(=O)N[C@@H](C)c1cccc(NC(=Nc2ccc(C#N)c(OC)c2)NC#N)c1. The highest BCUT2D eigenvalue weighted by Crippen LogP contribution is 2.25. The van der Waals surface area contributed by atoms with Crippen LogP contribution in [-0.2, 0) is 4.74 Å². The Labute approximate surface area is 198 Å². The highest BCUT2D eigenvalue weighted by Gasteiger charge is 2.16. The van der Waals surface area contributed by atoms with Gasteiger partial charge in [0.15, 0.2) is 6.19 Å². The van der Waals surface area contributed by atoms with Crippen LogP contribution in [0.3, 0.4) is 0 Å². The first kappa shape index (κ1) is 25.5. The molecule has 0 unspecified atom stereocenters. The fourth-order valence-electron chi connectivity index (χ4n) is 2.95. The van der Waals surface area contributed by atoms with E-state index in [-0.39, 0.29) is 18.4 Å². The number of carbonyl (C=O) groups excluding carboxylic acids is 1. The fourth-order valence-corrected chi connectivity index (χ4v) is 2.95. The zero-order valence-corrected chi connectivity index (χ0v) is 19.1. The number of carbonyl (C=O) groups is 1. The normalized spacial score (nSPS) is 12.2. The number of nitrogens with one attached hydrogen (secondary N) is 3. The van der Waals surface area contributed by atoms with Crippen LogP contribution in [0.15, 0.2) is 47.5 Å². The predicted octanol–water partition coefficient (Wildman–Crippen LogP) is 4.22. The van der Waals surface area contributed by atoms with E-state index in [4.69, 9.17) is 25.3 Å². The van der Waals surface area contributed by atoms with E-state index in [1.54, 1.807) is 43.3 Å². The number of alkyl carbamates (subject to hydrolysis) is 1. The Kier molecular flexibility index (Phi) is 9.72. The average Bonchev–Trinajstić information content (AvgIpc) is 2.83. The summed E-state index contributed by atoms with van der Waals surface area (Å²) in [6.45, 7) is 3.65. The minimum atomic E-state index is -0.601. The Hall–Kier alpha value is -4.75. The molecule has 174 valence electrons. The van der Waals surface area contributed by atoms with Crippen LogP contribution in [0.2, 0.25) is 0 Å². The molecular formula is C24H25N7O3. The average molecular weight is 460 g/mol. The Bertz CT molecular complexity index is 1160. The third-order valence-corrected chi connectivity index (χ3v) is 4.75. The van der Waals surface area contributed by atoms with Gasteiger partial charge >= 0.3 is 6.09 Å². The van der Waals surface area contributed by atoms with Gasteiger partial charge in [-0.1, -0.05) is 19.1 Å². The molecule has 0 radical (unpaired) electrons. The van der Waals surface area contributed by atoms with Gasteiger partial charge in [-0.05, 0) is 43.2 Å². The number of hydrogen-bond donors (Lipinski definition) is 3. The molecule has 0 aliphatic carbocycles. The molecule has 10 nitrogen and oxygen atoms in total. The van der Waals surface area contributed by atoms with Crippen LogP contribution in [0.1, 0.15) is 43.9 Å². The molecule has 0 fully saturated rings. The number of nitriles is 3. The summed E-state index contributed by atoms with van der Waals surface area (Å²) in [5, 5.41) is 35.3. The van der Waals surface area contributed by atoms with Crippen LogP contribution in [0.25, 0.3) is 0 Å². The van der Waals surface area contributed by atoms with Crippen molar-refractivity contribution in [3.63, 3.8) is 0 Å². The molecule has 0 spiro atoms. The van der Waals surface area contributed by atoms with Crippen molar-refractivity contribution < 1.29 is 14.3 Å². The molecule has 0 bridgehead atoms. The number of aliphatic imine (C=N–C) groups is 1. The van der Waals surface area contributed by atoms with Crippen LogP contribution >= 0.6 is 0 Å². The molecule has 34 heavy (non-hydrogen) atoms. The molecule has 0 saturated carbocycles. The van der Waals surface area contributed by atoms with Crippen molar-refractivity contribution in [3.8, 4) is 24.1 Å². The number of guanidine groups is 1. The van der Waals surface area contributed by atoms with Gasteiger partial charge in [-0.25, -0.2) is 9.79 Å². The van der Waals surface area contributed by atoms with E-state index in [2.05, 4.69) is 20.9 Å². The van der Waals surface area contributed by atoms with Crippen LogP contribution < -0.4 is 20.7 Å². The second kappa shape index (κ2) is 12.9. The van der Waals surface area contributed by atoms with Crippen LogP contribution in [-0.4, -0.2) is 25.3 Å². The Morgan fingerprint density at radius 1 is 1.18 bits per heavy atom. The number of nitrogens with zero attached hydrogens (tertiary/aromatic N) is 4. The number of anilines is 1. The van der Waals surface area contributed by atoms with E-state index in [0.29, 0.717) is 29.1 Å². The summed E-state index contributed by atoms with van der Waals surface area (Å²) in [4.78, 5) is 16.5. The van der Waals surface area contributed by atoms with E-state index >= 15 is 0 Å². The molecule has 0 aliphatic heterocycles. The molecule has 0 aromatic heterocycles. The van der Waals surface area contributed by atoms with Crippen molar-refractivity contribution in [2.24, 2.45) is 4.99 Å². The monoisotopic (exact) mass is 459 g/mol. The predicted molar refractivity (Wildman–Crippen MR) is 126 cm³/mol. The van der Waals surface area contributed by atoms with Crippen molar-refractivity contribution in [2.75, 3.05) is 12.4 Å². The summed E-state index contributed by atoms with van der Waals surface area (Å²) in [6, 6.07) is 15.7. The first-order chi connectivity index (χ1) is 16.4. The van der Waals surface area contributed by atoms with Crippen molar-refractivity contribution >= 4 is 23.4 Å². The molecule has 2 rings (SSSR count). The highest BCUT2D eigenvalue weighted by atomic mass is 16.6. The maximum Gasteiger partial charge on any atom is 0.407 e. The lowest BCUT2D eigenvalue weighted by Gasteiger charge is -2.18. The second-order valence-electron chi connectivity index (χ2n) is 7.11. The third kappa shape index (κ3) is 7.44. The van der Waals surface area contributed by atoms with Gasteiger partial charge in [-0.3, -0.25) is 5.32 Å². The Balaban J connectivity index is 2.16. The molecule has 3 N–H and O–H groups in total. The van der Waals surface area contributed by atoms with Crippen molar-refractivity contribution in [1.82, 2.24) is 10.6 Å². The Morgan fingerprint density at radius 3 is 2.62 bits per heavy atom. The molecule has 0 aliphatic rings. The number of ether oxygens (including phenoxy) is 2. The summed E-state index contributed by atoms with van der Waals surface area (Å²) in [6.07, 6.45) is 1.46.